The lowest BCUT2D eigenvalue weighted by Gasteiger charge is -2.19. The zero-order valence-corrected chi connectivity index (χ0v) is 11.4. The van der Waals surface area contributed by atoms with Crippen LogP contribution in [-0.4, -0.2) is 20.4 Å². The van der Waals surface area contributed by atoms with Crippen molar-refractivity contribution in [2.75, 3.05) is 0 Å². The summed E-state index contributed by atoms with van der Waals surface area (Å²) >= 11 is 0. The molecule has 0 radical (unpaired) electrons. The highest BCUT2D eigenvalue weighted by molar-refractivity contribution is 5.13. The van der Waals surface area contributed by atoms with Crippen molar-refractivity contribution in [1.29, 1.82) is 0 Å². The van der Waals surface area contributed by atoms with Gasteiger partial charge in [-0.05, 0) is 39.3 Å². The molecule has 5 nitrogen and oxygen atoms in total. The zero-order chi connectivity index (χ0) is 13.2. The zero-order valence-electron chi connectivity index (χ0n) is 11.4. The van der Waals surface area contributed by atoms with Gasteiger partial charge in [0.1, 0.15) is 11.4 Å². The molecule has 0 aromatic carbocycles. The number of aryl methyl sites for hydroxylation is 1. The van der Waals surface area contributed by atoms with Crippen LogP contribution in [0.1, 0.15) is 37.7 Å². The molecule has 0 atom stereocenters. The third kappa shape index (κ3) is 3.43. The predicted molar refractivity (Wildman–Crippen MR) is 69.2 cm³/mol. The van der Waals surface area contributed by atoms with Gasteiger partial charge >= 0.3 is 0 Å². The van der Waals surface area contributed by atoms with Gasteiger partial charge in [0.05, 0.1) is 6.54 Å². The van der Waals surface area contributed by atoms with E-state index in [0.29, 0.717) is 6.54 Å². The number of aromatic nitrogens is 3. The van der Waals surface area contributed by atoms with Gasteiger partial charge in [-0.15, -0.1) is 0 Å². The Bertz CT molecular complexity index is 507. The summed E-state index contributed by atoms with van der Waals surface area (Å²) in [5.74, 6) is 0. The largest absolute Gasteiger partial charge is 0.348 e. The molecular weight excluding hydrogens is 228 g/mol. The third-order valence-corrected chi connectivity index (χ3v) is 2.71. The van der Waals surface area contributed by atoms with Crippen molar-refractivity contribution < 1.29 is 4.63 Å². The Morgan fingerprint density at radius 3 is 2.72 bits per heavy atom. The Balaban J connectivity index is 1.96. The first-order valence-electron chi connectivity index (χ1n) is 6.12. The molecule has 2 aromatic rings. The van der Waals surface area contributed by atoms with Crippen LogP contribution in [0.5, 0.6) is 0 Å². The molecule has 0 amide bonds. The maximum atomic E-state index is 4.69. The van der Waals surface area contributed by atoms with Crippen LogP contribution < -0.4 is 5.32 Å². The predicted octanol–water partition coefficient (Wildman–Crippen LogP) is 2.12. The SMILES string of the molecule is Cc1nonc1Cn1ccc(CNC(C)(C)C)c1. The number of nitrogens with zero attached hydrogens (tertiary/aromatic N) is 3. The quantitative estimate of drug-likeness (QED) is 0.900. The molecule has 0 unspecified atom stereocenters. The Morgan fingerprint density at radius 2 is 2.11 bits per heavy atom. The number of hydrogen-bond donors (Lipinski definition) is 1. The monoisotopic (exact) mass is 248 g/mol. The highest BCUT2D eigenvalue weighted by Gasteiger charge is 2.10. The van der Waals surface area contributed by atoms with E-state index in [0.717, 1.165) is 17.9 Å². The topological polar surface area (TPSA) is 55.9 Å². The molecule has 18 heavy (non-hydrogen) atoms. The number of rotatable bonds is 4. The Kier molecular flexibility index (Phi) is 3.52. The van der Waals surface area contributed by atoms with Gasteiger partial charge < -0.3 is 9.88 Å². The van der Waals surface area contributed by atoms with E-state index in [9.17, 15) is 0 Å². The molecule has 0 bridgehead atoms. The van der Waals surface area contributed by atoms with Crippen LogP contribution in [0.15, 0.2) is 23.1 Å². The summed E-state index contributed by atoms with van der Waals surface area (Å²) in [7, 11) is 0. The van der Waals surface area contributed by atoms with Crippen LogP contribution in [0.25, 0.3) is 0 Å². The van der Waals surface area contributed by atoms with Crippen LogP contribution in [0.2, 0.25) is 0 Å². The first-order valence-corrected chi connectivity index (χ1v) is 6.12. The minimum Gasteiger partial charge on any atom is -0.348 e. The van der Waals surface area contributed by atoms with E-state index in [-0.39, 0.29) is 5.54 Å². The van der Waals surface area contributed by atoms with Crippen LogP contribution in [0.4, 0.5) is 0 Å². The van der Waals surface area contributed by atoms with E-state index in [1.54, 1.807) is 0 Å². The molecule has 5 heteroatoms. The molecule has 0 spiro atoms. The fourth-order valence-electron chi connectivity index (χ4n) is 1.63. The minimum atomic E-state index is 0.134. The highest BCUT2D eigenvalue weighted by atomic mass is 16.6. The fraction of sp³-hybridized carbons (Fsp3) is 0.538. The smallest absolute Gasteiger partial charge is 0.127 e. The van der Waals surface area contributed by atoms with Crippen LogP contribution >= 0.6 is 0 Å². The minimum absolute atomic E-state index is 0.134. The lowest BCUT2D eigenvalue weighted by Crippen LogP contribution is -2.34. The molecule has 0 aliphatic carbocycles. The standard InChI is InChI=1S/C13H20N4O/c1-10-12(16-18-15-10)9-17-6-5-11(8-17)7-14-13(2,3)4/h5-6,8,14H,7,9H2,1-4H3. The van der Waals surface area contributed by atoms with Crippen molar-refractivity contribution >= 4 is 0 Å². The number of hydrogen-bond acceptors (Lipinski definition) is 4. The van der Waals surface area contributed by atoms with Gasteiger partial charge in [0, 0.05) is 24.5 Å². The molecule has 2 aromatic heterocycles. The maximum absolute atomic E-state index is 4.69. The fourth-order valence-corrected chi connectivity index (χ4v) is 1.63. The van der Waals surface area contributed by atoms with Gasteiger partial charge in [-0.25, -0.2) is 4.63 Å². The Hall–Kier alpha value is -1.62. The van der Waals surface area contributed by atoms with Gasteiger partial charge in [-0.3, -0.25) is 0 Å². The van der Waals surface area contributed by atoms with E-state index in [1.165, 1.54) is 5.56 Å². The van der Waals surface area contributed by atoms with E-state index >= 15 is 0 Å². The Labute approximate surface area is 107 Å². The molecule has 1 N–H and O–H groups in total. The molecule has 2 rings (SSSR count). The summed E-state index contributed by atoms with van der Waals surface area (Å²) in [6.07, 6.45) is 4.17. The Morgan fingerprint density at radius 1 is 1.33 bits per heavy atom. The van der Waals surface area contributed by atoms with E-state index in [2.05, 4.69) is 53.2 Å². The van der Waals surface area contributed by atoms with E-state index in [1.807, 2.05) is 13.1 Å². The second-order valence-corrected chi connectivity index (χ2v) is 5.59. The first-order chi connectivity index (χ1) is 8.44. The van der Waals surface area contributed by atoms with Gasteiger partial charge in [0.25, 0.3) is 0 Å². The molecule has 98 valence electrons. The van der Waals surface area contributed by atoms with Crippen molar-refractivity contribution in [3.63, 3.8) is 0 Å². The highest BCUT2D eigenvalue weighted by Crippen LogP contribution is 2.08. The molecule has 0 fully saturated rings. The summed E-state index contributed by atoms with van der Waals surface area (Å²) < 4.78 is 6.78. The van der Waals surface area contributed by atoms with Gasteiger partial charge in [0.2, 0.25) is 0 Å². The molecule has 0 saturated heterocycles. The average Bonchev–Trinajstić information content (AvgIpc) is 2.86. The maximum Gasteiger partial charge on any atom is 0.127 e. The van der Waals surface area contributed by atoms with Crippen molar-refractivity contribution in [2.24, 2.45) is 0 Å². The molecule has 0 aliphatic rings. The lowest BCUT2D eigenvalue weighted by atomic mass is 10.1. The van der Waals surface area contributed by atoms with Crippen LogP contribution in [0, 0.1) is 6.92 Å². The van der Waals surface area contributed by atoms with Crippen molar-refractivity contribution in [3.8, 4) is 0 Å². The lowest BCUT2D eigenvalue weighted by molar-refractivity contribution is 0.300. The second-order valence-electron chi connectivity index (χ2n) is 5.59. The molecule has 0 aliphatic heterocycles. The molecule has 0 saturated carbocycles. The number of nitrogens with one attached hydrogen (secondary N) is 1. The second kappa shape index (κ2) is 4.94. The first kappa shape index (κ1) is 12.8. The molecular formula is C13H20N4O. The van der Waals surface area contributed by atoms with Crippen molar-refractivity contribution in [3.05, 3.63) is 35.4 Å². The van der Waals surface area contributed by atoms with Crippen molar-refractivity contribution in [1.82, 2.24) is 20.2 Å². The summed E-state index contributed by atoms with van der Waals surface area (Å²) in [6, 6.07) is 2.11. The van der Waals surface area contributed by atoms with E-state index < -0.39 is 0 Å². The van der Waals surface area contributed by atoms with Crippen LogP contribution in [0.3, 0.4) is 0 Å². The third-order valence-electron chi connectivity index (χ3n) is 2.71. The average molecular weight is 248 g/mol. The summed E-state index contributed by atoms with van der Waals surface area (Å²) in [4.78, 5) is 0. The molecule has 2 heterocycles. The van der Waals surface area contributed by atoms with Crippen LogP contribution in [-0.2, 0) is 13.1 Å². The normalized spacial score (nSPS) is 12.0. The van der Waals surface area contributed by atoms with Gasteiger partial charge in [-0.1, -0.05) is 10.3 Å². The summed E-state index contributed by atoms with van der Waals surface area (Å²) in [5.41, 5.74) is 3.12. The summed E-state index contributed by atoms with van der Waals surface area (Å²) in [6.45, 7) is 9.95. The van der Waals surface area contributed by atoms with Gasteiger partial charge in [0.15, 0.2) is 0 Å². The van der Waals surface area contributed by atoms with Gasteiger partial charge in [-0.2, -0.15) is 0 Å². The summed E-state index contributed by atoms with van der Waals surface area (Å²) in [5, 5.41) is 11.1. The van der Waals surface area contributed by atoms with Crippen molar-refractivity contribution in [2.45, 2.75) is 46.3 Å². The van der Waals surface area contributed by atoms with E-state index in [4.69, 9.17) is 4.63 Å².